The van der Waals surface area contributed by atoms with Crippen LogP contribution in [-0.4, -0.2) is 19.1 Å². The van der Waals surface area contributed by atoms with Crippen molar-refractivity contribution in [3.05, 3.63) is 35.9 Å². The van der Waals surface area contributed by atoms with Crippen LogP contribution in [0.1, 0.15) is 31.2 Å². The lowest BCUT2D eigenvalue weighted by atomic mass is 10.1. The number of rotatable bonds is 6. The first-order valence-electron chi connectivity index (χ1n) is 6.75. The fourth-order valence-corrected chi connectivity index (χ4v) is 2.34. The van der Waals surface area contributed by atoms with Gasteiger partial charge in [0.1, 0.15) is 0 Å². The van der Waals surface area contributed by atoms with Gasteiger partial charge in [-0.1, -0.05) is 43.2 Å². The summed E-state index contributed by atoms with van der Waals surface area (Å²) in [5, 5.41) is 2.95. The van der Waals surface area contributed by atoms with E-state index in [4.69, 9.17) is 4.74 Å². The zero-order chi connectivity index (χ0) is 12.6. The van der Waals surface area contributed by atoms with Crippen molar-refractivity contribution in [3.8, 4) is 0 Å². The Labute approximate surface area is 109 Å². The van der Waals surface area contributed by atoms with E-state index in [1.54, 1.807) is 0 Å². The van der Waals surface area contributed by atoms with E-state index >= 15 is 0 Å². The molecule has 0 unspecified atom stereocenters. The molecule has 0 saturated heterocycles. The third-order valence-electron chi connectivity index (χ3n) is 3.38. The Balaban J connectivity index is 1.54. The molecule has 0 atom stereocenters. The minimum absolute atomic E-state index is 0.204. The van der Waals surface area contributed by atoms with Gasteiger partial charge in [-0.3, -0.25) is 4.79 Å². The maximum Gasteiger partial charge on any atom is 0.223 e. The summed E-state index contributed by atoms with van der Waals surface area (Å²) in [6.07, 6.45) is 4.50. The predicted octanol–water partition coefficient (Wildman–Crippen LogP) is 2.51. The second-order valence-corrected chi connectivity index (χ2v) is 4.81. The van der Waals surface area contributed by atoms with Crippen LogP contribution in [0.15, 0.2) is 30.3 Å². The van der Waals surface area contributed by atoms with Gasteiger partial charge in [0.25, 0.3) is 0 Å². The van der Waals surface area contributed by atoms with Crippen LogP contribution in [0.25, 0.3) is 0 Å². The highest BCUT2D eigenvalue weighted by Gasteiger charge is 2.21. The Bertz CT molecular complexity index is 358. The first kappa shape index (κ1) is 13.1. The highest BCUT2D eigenvalue weighted by atomic mass is 16.5. The van der Waals surface area contributed by atoms with E-state index in [2.05, 4.69) is 5.32 Å². The van der Waals surface area contributed by atoms with Crippen LogP contribution < -0.4 is 5.32 Å². The van der Waals surface area contributed by atoms with Gasteiger partial charge < -0.3 is 10.1 Å². The van der Waals surface area contributed by atoms with Crippen LogP contribution in [0.4, 0.5) is 0 Å². The molecule has 0 heterocycles. The lowest BCUT2D eigenvalue weighted by Gasteiger charge is -2.10. The van der Waals surface area contributed by atoms with Crippen molar-refractivity contribution in [2.24, 2.45) is 5.92 Å². The Morgan fingerprint density at radius 3 is 2.67 bits per heavy atom. The van der Waals surface area contributed by atoms with Crippen molar-refractivity contribution in [2.75, 3.05) is 13.2 Å². The van der Waals surface area contributed by atoms with Gasteiger partial charge in [-0.15, -0.1) is 0 Å². The average molecular weight is 247 g/mol. The van der Waals surface area contributed by atoms with Gasteiger partial charge in [-0.05, 0) is 18.4 Å². The summed E-state index contributed by atoms with van der Waals surface area (Å²) < 4.78 is 5.52. The molecule has 3 heteroatoms. The van der Waals surface area contributed by atoms with Crippen LogP contribution in [-0.2, 0) is 16.1 Å². The fourth-order valence-electron chi connectivity index (χ4n) is 2.34. The SMILES string of the molecule is O=C(NCCOCc1ccccc1)C1CCCC1. The van der Waals surface area contributed by atoms with Gasteiger partial charge >= 0.3 is 0 Å². The lowest BCUT2D eigenvalue weighted by molar-refractivity contribution is -0.125. The van der Waals surface area contributed by atoms with Gasteiger partial charge in [0.2, 0.25) is 5.91 Å². The number of benzene rings is 1. The zero-order valence-electron chi connectivity index (χ0n) is 10.7. The maximum atomic E-state index is 11.7. The Morgan fingerprint density at radius 1 is 1.22 bits per heavy atom. The van der Waals surface area contributed by atoms with Crippen molar-refractivity contribution >= 4 is 5.91 Å². The van der Waals surface area contributed by atoms with Gasteiger partial charge in [0.15, 0.2) is 0 Å². The second kappa shape index (κ2) is 7.17. The summed E-state index contributed by atoms with van der Waals surface area (Å²) in [4.78, 5) is 11.7. The molecule has 1 N–H and O–H groups in total. The average Bonchev–Trinajstić information content (AvgIpc) is 2.93. The van der Waals surface area contributed by atoms with E-state index in [0.29, 0.717) is 19.8 Å². The van der Waals surface area contributed by atoms with Crippen LogP contribution in [0.5, 0.6) is 0 Å². The summed E-state index contributed by atoms with van der Waals surface area (Å²) in [5.41, 5.74) is 1.17. The first-order chi connectivity index (χ1) is 8.86. The van der Waals surface area contributed by atoms with E-state index in [1.165, 1.54) is 18.4 Å². The summed E-state index contributed by atoms with van der Waals surface area (Å²) in [6, 6.07) is 10.1. The first-order valence-corrected chi connectivity index (χ1v) is 6.75. The van der Waals surface area contributed by atoms with E-state index in [1.807, 2.05) is 30.3 Å². The van der Waals surface area contributed by atoms with Crippen LogP contribution in [0.2, 0.25) is 0 Å². The molecule has 2 rings (SSSR count). The van der Waals surface area contributed by atoms with Gasteiger partial charge in [0.05, 0.1) is 13.2 Å². The molecule has 1 aromatic rings. The molecule has 18 heavy (non-hydrogen) atoms. The number of carbonyl (C=O) groups excluding carboxylic acids is 1. The monoisotopic (exact) mass is 247 g/mol. The van der Waals surface area contributed by atoms with Crippen molar-refractivity contribution in [1.82, 2.24) is 5.32 Å². The van der Waals surface area contributed by atoms with Gasteiger partial charge in [-0.25, -0.2) is 0 Å². The van der Waals surface area contributed by atoms with Crippen LogP contribution >= 0.6 is 0 Å². The standard InChI is InChI=1S/C15H21NO2/c17-15(14-8-4-5-9-14)16-10-11-18-12-13-6-2-1-3-7-13/h1-3,6-7,14H,4-5,8-12H2,(H,16,17). The molecule has 98 valence electrons. The molecule has 3 nitrogen and oxygen atoms in total. The number of ether oxygens (including phenoxy) is 1. The summed E-state index contributed by atoms with van der Waals surface area (Å²) in [7, 11) is 0. The predicted molar refractivity (Wildman–Crippen MR) is 71.1 cm³/mol. The highest BCUT2D eigenvalue weighted by Crippen LogP contribution is 2.24. The molecule has 1 amide bonds. The Kier molecular flexibility index (Phi) is 5.21. The molecule has 0 bridgehead atoms. The van der Waals surface area contributed by atoms with Crippen LogP contribution in [0.3, 0.4) is 0 Å². The molecule has 0 aliphatic heterocycles. The number of carbonyl (C=O) groups is 1. The minimum atomic E-state index is 0.204. The summed E-state index contributed by atoms with van der Waals surface area (Å²) in [5.74, 6) is 0.454. The van der Waals surface area contributed by atoms with Crippen molar-refractivity contribution in [1.29, 1.82) is 0 Å². The molecular formula is C15H21NO2. The molecule has 1 aliphatic rings. The highest BCUT2D eigenvalue weighted by molar-refractivity contribution is 5.78. The van der Waals surface area contributed by atoms with E-state index < -0.39 is 0 Å². The number of hydrogen-bond donors (Lipinski definition) is 1. The van der Waals surface area contributed by atoms with Crippen LogP contribution in [0, 0.1) is 5.92 Å². The molecule has 0 spiro atoms. The Morgan fingerprint density at radius 2 is 1.94 bits per heavy atom. The Hall–Kier alpha value is -1.35. The molecular weight excluding hydrogens is 226 g/mol. The second-order valence-electron chi connectivity index (χ2n) is 4.81. The third kappa shape index (κ3) is 4.15. The molecule has 1 aromatic carbocycles. The topological polar surface area (TPSA) is 38.3 Å². The normalized spacial score (nSPS) is 15.8. The molecule has 0 radical (unpaired) electrons. The summed E-state index contributed by atoms with van der Waals surface area (Å²) in [6.45, 7) is 1.80. The number of hydrogen-bond acceptors (Lipinski definition) is 2. The quantitative estimate of drug-likeness (QED) is 0.784. The summed E-state index contributed by atoms with van der Waals surface area (Å²) >= 11 is 0. The zero-order valence-corrected chi connectivity index (χ0v) is 10.7. The largest absolute Gasteiger partial charge is 0.375 e. The third-order valence-corrected chi connectivity index (χ3v) is 3.38. The maximum absolute atomic E-state index is 11.7. The van der Waals surface area contributed by atoms with Crippen molar-refractivity contribution < 1.29 is 9.53 Å². The number of nitrogens with one attached hydrogen (secondary N) is 1. The van der Waals surface area contributed by atoms with Crippen molar-refractivity contribution in [3.63, 3.8) is 0 Å². The van der Waals surface area contributed by atoms with Gasteiger partial charge in [0, 0.05) is 12.5 Å². The molecule has 1 aliphatic carbocycles. The van der Waals surface area contributed by atoms with Gasteiger partial charge in [-0.2, -0.15) is 0 Å². The fraction of sp³-hybridized carbons (Fsp3) is 0.533. The van der Waals surface area contributed by atoms with E-state index in [0.717, 1.165) is 12.8 Å². The number of amides is 1. The molecule has 1 fully saturated rings. The van der Waals surface area contributed by atoms with Crippen molar-refractivity contribution in [2.45, 2.75) is 32.3 Å². The molecule has 1 saturated carbocycles. The van der Waals surface area contributed by atoms with E-state index in [9.17, 15) is 4.79 Å². The minimum Gasteiger partial charge on any atom is -0.375 e. The smallest absolute Gasteiger partial charge is 0.223 e. The lowest BCUT2D eigenvalue weighted by Crippen LogP contribution is -2.32. The van der Waals surface area contributed by atoms with E-state index in [-0.39, 0.29) is 11.8 Å². The molecule has 0 aromatic heterocycles.